The van der Waals surface area contributed by atoms with Crippen molar-refractivity contribution >= 4 is 37.2 Å². The molecule has 10 heteroatoms. The lowest BCUT2D eigenvalue weighted by Crippen LogP contribution is -2.18. The summed E-state index contributed by atoms with van der Waals surface area (Å²) in [4.78, 5) is 36.7. The molecule has 22 heavy (non-hydrogen) atoms. The fourth-order valence-electron chi connectivity index (χ4n) is 1.74. The van der Waals surface area contributed by atoms with Crippen molar-refractivity contribution in [3.05, 3.63) is 48.5 Å². The first-order valence-electron chi connectivity index (χ1n) is 6.01. The maximum absolute atomic E-state index is 11.4. The highest BCUT2D eigenvalue weighted by atomic mass is 31.2. The summed E-state index contributed by atoms with van der Waals surface area (Å²) in [5, 5.41) is -0.351. The van der Waals surface area contributed by atoms with E-state index in [4.69, 9.17) is 9.79 Å². The molecule has 8 nitrogen and oxygen atoms in total. The van der Waals surface area contributed by atoms with Crippen molar-refractivity contribution in [3.63, 3.8) is 0 Å². The van der Waals surface area contributed by atoms with Gasteiger partial charge in [0.1, 0.15) is 0 Å². The highest BCUT2D eigenvalue weighted by Crippen LogP contribution is 2.36. The molecule has 0 saturated heterocycles. The van der Waals surface area contributed by atoms with Gasteiger partial charge in [0.15, 0.2) is 0 Å². The Bertz CT molecular complexity index is 770. The fraction of sp³-hybridized carbons (Fsp3) is 0. The molecule has 0 saturated carbocycles. The average Bonchev–Trinajstić information content (AvgIpc) is 2.44. The van der Waals surface area contributed by atoms with Gasteiger partial charge in [-0.15, -0.1) is 0 Å². The van der Waals surface area contributed by atoms with Gasteiger partial charge < -0.3 is 25.0 Å². The molecule has 0 bridgehead atoms. The maximum Gasteiger partial charge on any atom is 0.358 e. The highest BCUT2D eigenvalue weighted by Gasteiger charge is 2.21. The molecule has 0 atom stereocenters. The van der Waals surface area contributed by atoms with Crippen LogP contribution >= 0.6 is 15.2 Å². The number of benzene rings is 2. The smallest absolute Gasteiger partial charge is 0.321 e. The topological polar surface area (TPSA) is 139 Å². The number of nitrogens with one attached hydrogen (secondary N) is 2. The number of hydrogen-bond acceptors (Lipinski definition) is 4. The minimum atomic E-state index is -4.44. The Morgan fingerprint density at radius 1 is 0.773 bits per heavy atom. The lowest BCUT2D eigenvalue weighted by Gasteiger charge is -2.15. The summed E-state index contributed by atoms with van der Waals surface area (Å²) in [6.07, 6.45) is 0. The quantitative estimate of drug-likeness (QED) is 0.345. The van der Waals surface area contributed by atoms with E-state index in [9.17, 15) is 18.9 Å². The van der Waals surface area contributed by atoms with Crippen LogP contribution in [0.5, 0.6) is 0 Å². The van der Waals surface area contributed by atoms with Gasteiger partial charge in [0, 0.05) is 0 Å². The van der Waals surface area contributed by atoms with E-state index in [1.54, 1.807) is 12.1 Å². The van der Waals surface area contributed by atoms with Gasteiger partial charge in [-0.1, -0.05) is 18.2 Å². The molecule has 118 valence electrons. The van der Waals surface area contributed by atoms with Crippen LogP contribution in [0.4, 0.5) is 11.4 Å². The Kier molecular flexibility index (Phi) is 4.72. The maximum atomic E-state index is 11.4. The number of para-hydroxylation sites is 1. The van der Waals surface area contributed by atoms with Crippen molar-refractivity contribution in [2.24, 2.45) is 0 Å². The van der Waals surface area contributed by atoms with Gasteiger partial charge in [0.2, 0.25) is 0 Å². The SMILES string of the molecule is O=P(O)(O)c1cccc(NNc2ccccc2P(=O)(O)O)c1. The molecule has 2 rings (SSSR count). The van der Waals surface area contributed by atoms with Crippen LogP contribution in [0.2, 0.25) is 0 Å². The van der Waals surface area contributed by atoms with E-state index < -0.39 is 15.2 Å². The van der Waals surface area contributed by atoms with Crippen LogP contribution in [0, 0.1) is 0 Å². The van der Waals surface area contributed by atoms with Crippen LogP contribution in [0.25, 0.3) is 0 Å². The summed E-state index contributed by atoms with van der Waals surface area (Å²) in [6, 6.07) is 11.4. The van der Waals surface area contributed by atoms with Gasteiger partial charge >= 0.3 is 15.2 Å². The summed E-state index contributed by atoms with van der Waals surface area (Å²) < 4.78 is 22.6. The Morgan fingerprint density at radius 3 is 2.09 bits per heavy atom. The summed E-state index contributed by atoms with van der Waals surface area (Å²) in [5.41, 5.74) is 5.77. The lowest BCUT2D eigenvalue weighted by molar-refractivity contribution is 0.385. The first-order chi connectivity index (χ1) is 10.2. The first kappa shape index (κ1) is 16.7. The average molecular weight is 344 g/mol. The van der Waals surface area contributed by atoms with E-state index in [1.807, 2.05) is 0 Å². The van der Waals surface area contributed by atoms with Crippen molar-refractivity contribution in [2.45, 2.75) is 0 Å². The van der Waals surface area contributed by atoms with E-state index in [0.717, 1.165) is 0 Å². The Balaban J connectivity index is 2.22. The summed E-state index contributed by atoms with van der Waals surface area (Å²) in [7, 11) is -8.81. The van der Waals surface area contributed by atoms with E-state index in [1.165, 1.54) is 36.4 Å². The molecule has 0 aliphatic rings. The minimum absolute atomic E-state index is 0.164. The largest absolute Gasteiger partial charge is 0.358 e. The number of hydrogen-bond donors (Lipinski definition) is 6. The molecule has 0 spiro atoms. The molecule has 0 aliphatic carbocycles. The Labute approximate surface area is 126 Å². The van der Waals surface area contributed by atoms with Crippen LogP contribution < -0.4 is 21.5 Å². The van der Waals surface area contributed by atoms with Gasteiger partial charge in [-0.05, 0) is 30.3 Å². The lowest BCUT2D eigenvalue weighted by atomic mass is 10.3. The molecule has 6 N–H and O–H groups in total. The van der Waals surface area contributed by atoms with Gasteiger partial charge in [0.05, 0.1) is 22.0 Å². The zero-order valence-corrected chi connectivity index (χ0v) is 12.9. The van der Waals surface area contributed by atoms with Gasteiger partial charge in [-0.25, -0.2) is 0 Å². The molecule has 0 fully saturated rings. The Morgan fingerprint density at radius 2 is 1.45 bits per heavy atom. The van der Waals surface area contributed by atoms with Crippen molar-refractivity contribution in [1.82, 2.24) is 0 Å². The fourth-order valence-corrected chi connectivity index (χ4v) is 3.05. The Hall–Kier alpha value is -1.66. The molecular weight excluding hydrogens is 330 g/mol. The molecule has 0 radical (unpaired) electrons. The molecular formula is C12H14N2O6P2. The zero-order valence-electron chi connectivity index (χ0n) is 11.1. The third kappa shape index (κ3) is 4.18. The summed E-state index contributed by atoms with van der Waals surface area (Å²) in [6.45, 7) is 0. The number of anilines is 2. The van der Waals surface area contributed by atoms with Crippen molar-refractivity contribution < 1.29 is 28.7 Å². The second-order valence-electron chi connectivity index (χ2n) is 4.41. The van der Waals surface area contributed by atoms with Crippen LogP contribution in [0.1, 0.15) is 0 Å². The normalized spacial score (nSPS) is 12.0. The van der Waals surface area contributed by atoms with E-state index in [-0.39, 0.29) is 16.3 Å². The molecule has 0 amide bonds. The van der Waals surface area contributed by atoms with E-state index >= 15 is 0 Å². The van der Waals surface area contributed by atoms with Crippen molar-refractivity contribution in [1.29, 1.82) is 0 Å². The predicted molar refractivity (Wildman–Crippen MR) is 83.5 cm³/mol. The number of hydrazine groups is 1. The summed E-state index contributed by atoms with van der Waals surface area (Å²) >= 11 is 0. The first-order valence-corrected chi connectivity index (χ1v) is 9.24. The molecule has 0 heterocycles. The standard InChI is InChI=1S/C12H14N2O6P2/c15-21(16,17)10-5-3-4-9(8-10)13-14-11-6-1-2-7-12(11)22(18,19)20/h1-8,13-14H,(H2,15,16,17)(H2,18,19,20). The highest BCUT2D eigenvalue weighted by molar-refractivity contribution is 7.60. The molecule has 2 aromatic carbocycles. The molecule has 0 unspecified atom stereocenters. The summed E-state index contributed by atoms with van der Waals surface area (Å²) in [5.74, 6) is 0. The minimum Gasteiger partial charge on any atom is -0.321 e. The van der Waals surface area contributed by atoms with Gasteiger partial charge in [-0.2, -0.15) is 0 Å². The third-order valence-electron chi connectivity index (χ3n) is 2.74. The molecule has 0 aliphatic heterocycles. The number of rotatable bonds is 5. The predicted octanol–water partition coefficient (Wildman–Crippen LogP) is 0.732. The van der Waals surface area contributed by atoms with Crippen LogP contribution in [-0.2, 0) is 9.13 Å². The zero-order chi connectivity index (χ0) is 16.4. The monoisotopic (exact) mass is 344 g/mol. The van der Waals surface area contributed by atoms with E-state index in [2.05, 4.69) is 10.9 Å². The van der Waals surface area contributed by atoms with Crippen molar-refractivity contribution in [2.75, 3.05) is 10.9 Å². The van der Waals surface area contributed by atoms with Crippen LogP contribution in [0.3, 0.4) is 0 Å². The van der Waals surface area contributed by atoms with Gasteiger partial charge in [0.25, 0.3) is 0 Å². The second-order valence-corrected chi connectivity index (χ2v) is 7.58. The third-order valence-corrected chi connectivity index (χ3v) is 4.71. The van der Waals surface area contributed by atoms with Crippen LogP contribution in [0.15, 0.2) is 48.5 Å². The van der Waals surface area contributed by atoms with Gasteiger partial charge in [-0.3, -0.25) is 14.6 Å². The van der Waals surface area contributed by atoms with E-state index in [0.29, 0.717) is 5.69 Å². The van der Waals surface area contributed by atoms with Crippen molar-refractivity contribution in [3.8, 4) is 0 Å². The van der Waals surface area contributed by atoms with Crippen LogP contribution in [-0.4, -0.2) is 19.6 Å². The molecule has 0 aromatic heterocycles. The molecule has 2 aromatic rings. The second kappa shape index (κ2) is 6.22.